The fraction of sp³-hybridized carbons (Fsp3) is 0.241. The lowest BCUT2D eigenvalue weighted by atomic mass is 9.63. The lowest BCUT2D eigenvalue weighted by molar-refractivity contribution is 0.0990. The molecule has 3 nitrogen and oxygen atoms in total. The molecule has 7 aromatic rings. The molecule has 61 heavy (non-hydrogen) atoms. The first-order chi connectivity index (χ1) is 29.4. The van der Waals surface area contributed by atoms with Gasteiger partial charge in [-0.1, -0.05) is 152 Å². The second-order valence-electron chi connectivity index (χ2n) is 18.8. The van der Waals surface area contributed by atoms with Crippen molar-refractivity contribution >= 4 is 45.5 Å². The minimum Gasteiger partial charge on any atom is -0.310 e. The number of allylic oxidation sites excluding steroid dienone is 1. The highest BCUT2D eigenvalue weighted by Gasteiger charge is 2.49. The van der Waals surface area contributed by atoms with Gasteiger partial charge in [0.25, 0.3) is 0 Å². The molecule has 10 rings (SSSR count). The quantitative estimate of drug-likeness (QED) is 0.114. The molecule has 3 aliphatic carbocycles. The van der Waals surface area contributed by atoms with E-state index in [4.69, 9.17) is 0 Å². The molecule has 0 N–H and O–H groups in total. The minimum absolute atomic E-state index is 0.155. The first-order valence-electron chi connectivity index (χ1n) is 22.1. The van der Waals surface area contributed by atoms with Gasteiger partial charge < -0.3 is 4.90 Å². The molecule has 0 saturated heterocycles. The van der Waals surface area contributed by atoms with Crippen molar-refractivity contribution in [2.24, 2.45) is 23.7 Å². The summed E-state index contributed by atoms with van der Waals surface area (Å²) in [7, 11) is 0. The van der Waals surface area contributed by atoms with E-state index in [9.17, 15) is 9.59 Å². The third-order valence-electron chi connectivity index (χ3n) is 14.7. The average Bonchev–Trinajstić information content (AvgIpc) is 3.81. The van der Waals surface area contributed by atoms with Crippen molar-refractivity contribution in [2.75, 3.05) is 4.90 Å². The van der Waals surface area contributed by atoms with Crippen LogP contribution in [0.25, 0.3) is 39.1 Å². The molecule has 0 aromatic heterocycles. The molecule has 7 aromatic carbocycles. The van der Waals surface area contributed by atoms with E-state index in [0.29, 0.717) is 34.8 Å². The lowest BCUT2D eigenvalue weighted by Gasteiger charge is -2.41. The van der Waals surface area contributed by atoms with Gasteiger partial charge in [0.2, 0.25) is 0 Å². The average molecular weight is 796 g/mol. The summed E-state index contributed by atoms with van der Waals surface area (Å²) in [5.41, 5.74) is 15.7. The van der Waals surface area contributed by atoms with Gasteiger partial charge in [0, 0.05) is 39.0 Å². The minimum atomic E-state index is -0.215. The molecule has 0 amide bonds. The van der Waals surface area contributed by atoms with Crippen LogP contribution in [0.4, 0.5) is 17.1 Å². The van der Waals surface area contributed by atoms with Gasteiger partial charge in [-0.3, -0.25) is 9.59 Å². The zero-order valence-electron chi connectivity index (χ0n) is 36.5. The Morgan fingerprint density at radius 3 is 1.20 bits per heavy atom. The van der Waals surface area contributed by atoms with Gasteiger partial charge in [0.15, 0.2) is 11.6 Å². The van der Waals surface area contributed by atoms with Crippen LogP contribution < -0.4 is 4.90 Å². The summed E-state index contributed by atoms with van der Waals surface area (Å²) in [6, 6.07) is 52.1. The normalized spacial score (nSPS) is 15.4. The van der Waals surface area contributed by atoms with Crippen molar-refractivity contribution in [1.29, 1.82) is 0 Å². The summed E-state index contributed by atoms with van der Waals surface area (Å²) in [5, 5.41) is 1.91. The number of carbonyl (C=O) groups excluding carboxylic acids is 2. The fourth-order valence-electron chi connectivity index (χ4n) is 12.2. The second kappa shape index (κ2) is 14.1. The van der Waals surface area contributed by atoms with Crippen LogP contribution in [0, 0.1) is 23.7 Å². The predicted molar refractivity (Wildman–Crippen MR) is 253 cm³/mol. The van der Waals surface area contributed by atoms with Crippen molar-refractivity contribution in [3.63, 3.8) is 0 Å². The van der Waals surface area contributed by atoms with Crippen LogP contribution in [-0.2, 0) is 10.8 Å². The summed E-state index contributed by atoms with van der Waals surface area (Å²) in [5.74, 6) is 1.04. The third kappa shape index (κ3) is 5.42. The molecule has 0 heterocycles. The Morgan fingerprint density at radius 1 is 0.393 bits per heavy atom. The number of hydrogen-bond acceptors (Lipinski definition) is 3. The van der Waals surface area contributed by atoms with Crippen molar-refractivity contribution in [2.45, 2.75) is 66.2 Å². The molecule has 3 heteroatoms. The van der Waals surface area contributed by atoms with Crippen LogP contribution in [0.3, 0.4) is 0 Å². The maximum atomic E-state index is 13.7. The Morgan fingerprint density at radius 2 is 0.770 bits per heavy atom. The topological polar surface area (TPSA) is 37.4 Å². The number of benzene rings is 7. The number of hydrogen-bond donors (Lipinski definition) is 0. The molecule has 0 fully saturated rings. The van der Waals surface area contributed by atoms with Crippen molar-refractivity contribution in [1.82, 2.24) is 0 Å². The third-order valence-corrected chi connectivity index (χ3v) is 14.7. The summed E-state index contributed by atoms with van der Waals surface area (Å²) in [4.78, 5) is 29.9. The molecule has 0 saturated carbocycles. The Balaban J connectivity index is 1.14. The van der Waals surface area contributed by atoms with Crippen LogP contribution in [0.2, 0.25) is 0 Å². The van der Waals surface area contributed by atoms with E-state index in [1.807, 2.05) is 48.5 Å². The first kappa shape index (κ1) is 38.9. The highest BCUT2D eigenvalue weighted by molar-refractivity contribution is 6.42. The summed E-state index contributed by atoms with van der Waals surface area (Å²) < 4.78 is 0. The van der Waals surface area contributed by atoms with Crippen LogP contribution in [0.15, 0.2) is 151 Å². The van der Waals surface area contributed by atoms with Gasteiger partial charge in [-0.15, -0.1) is 0 Å². The number of carbonyl (C=O) groups is 2. The largest absolute Gasteiger partial charge is 0.310 e. The summed E-state index contributed by atoms with van der Waals surface area (Å²) in [6.45, 7) is 19.0. The standard InChI is InChI=1S/C58H53NO2/c1-34(2)57(35(3)4)51-19-13-11-17-44(51)46-27-25-42(32-53(46)57)59(43-26-28-47-45-18-12-14-20-52(45)58(36(5)6,37(7)8)54(47)33-43)41-23-21-38(22-24-41)29-50-55(60)48-30-39-15-9-10-16-40(39)31-49(48)56(50)61/h9-37H,1-8H3. The second-order valence-corrected chi connectivity index (χ2v) is 18.8. The smallest absolute Gasteiger partial charge is 0.197 e. The maximum absolute atomic E-state index is 13.7. The SMILES string of the molecule is CC(C)C1(C(C)C)c2ccccc2-c2ccc(N(c3ccc(C=C4C(=O)c5cc6ccccc6cc5C4=O)cc3)c3ccc4c(c3)C(C(C)C)(C(C)C)c3ccccc3-4)cc21. The van der Waals surface area contributed by atoms with Crippen molar-refractivity contribution < 1.29 is 9.59 Å². The predicted octanol–water partition coefficient (Wildman–Crippen LogP) is 14.9. The lowest BCUT2D eigenvalue weighted by Crippen LogP contribution is -2.37. The maximum Gasteiger partial charge on any atom is 0.197 e. The van der Waals surface area contributed by atoms with Gasteiger partial charge in [-0.2, -0.15) is 0 Å². The van der Waals surface area contributed by atoms with Crippen LogP contribution in [0.1, 0.15) is 104 Å². The number of nitrogens with zero attached hydrogens (tertiary/aromatic N) is 1. The molecule has 3 aliphatic rings. The highest BCUT2D eigenvalue weighted by atomic mass is 16.2. The Kier molecular flexibility index (Phi) is 9.00. The number of ketones is 2. The molecule has 0 radical (unpaired) electrons. The zero-order valence-corrected chi connectivity index (χ0v) is 36.5. The van der Waals surface area contributed by atoms with E-state index in [1.165, 1.54) is 44.5 Å². The number of Topliss-reactive ketones (excluding diaryl/α,β-unsaturated/α-hetero) is 2. The molecule has 0 bridgehead atoms. The van der Waals surface area contributed by atoms with Gasteiger partial charge in [0.1, 0.15) is 0 Å². The molecule has 0 aliphatic heterocycles. The van der Waals surface area contributed by atoms with Crippen LogP contribution in [-0.4, -0.2) is 11.6 Å². The van der Waals surface area contributed by atoms with Crippen LogP contribution in [0.5, 0.6) is 0 Å². The molecular weight excluding hydrogens is 743 g/mol. The van der Waals surface area contributed by atoms with Gasteiger partial charge >= 0.3 is 0 Å². The number of rotatable bonds is 8. The Labute approximate surface area is 360 Å². The van der Waals surface area contributed by atoms with E-state index in [0.717, 1.165) is 33.4 Å². The molecular formula is C58H53NO2. The highest BCUT2D eigenvalue weighted by Crippen LogP contribution is 2.59. The van der Waals surface area contributed by atoms with Gasteiger partial charge in [0.05, 0.1) is 5.57 Å². The molecule has 0 unspecified atom stereocenters. The van der Waals surface area contributed by atoms with E-state index in [1.54, 1.807) is 6.08 Å². The summed E-state index contributed by atoms with van der Waals surface area (Å²) in [6.07, 6.45) is 1.77. The molecule has 0 atom stereocenters. The van der Waals surface area contributed by atoms with E-state index in [2.05, 4.69) is 157 Å². The van der Waals surface area contributed by atoms with Crippen molar-refractivity contribution in [3.05, 3.63) is 190 Å². The Bertz CT molecular complexity index is 2790. The van der Waals surface area contributed by atoms with Gasteiger partial charge in [-0.25, -0.2) is 0 Å². The van der Waals surface area contributed by atoms with E-state index < -0.39 is 0 Å². The Hall–Kier alpha value is -6.32. The zero-order chi connectivity index (χ0) is 42.5. The molecule has 0 spiro atoms. The van der Waals surface area contributed by atoms with E-state index >= 15 is 0 Å². The van der Waals surface area contributed by atoms with Gasteiger partial charge in [-0.05, 0) is 139 Å². The molecule has 302 valence electrons. The summed E-state index contributed by atoms with van der Waals surface area (Å²) >= 11 is 0. The monoisotopic (exact) mass is 795 g/mol. The number of fused-ring (bicyclic) bond motifs is 8. The van der Waals surface area contributed by atoms with E-state index in [-0.39, 0.29) is 28.0 Å². The first-order valence-corrected chi connectivity index (χ1v) is 22.1. The van der Waals surface area contributed by atoms with Crippen molar-refractivity contribution in [3.8, 4) is 22.3 Å². The number of anilines is 3. The van der Waals surface area contributed by atoms with Crippen LogP contribution >= 0.6 is 0 Å². The fourth-order valence-corrected chi connectivity index (χ4v) is 12.2.